The van der Waals surface area contributed by atoms with Crippen LogP contribution in [0.1, 0.15) is 48.5 Å². The lowest BCUT2D eigenvalue weighted by Crippen LogP contribution is -2.16. The first kappa shape index (κ1) is 16.4. The number of hydrogen-bond acceptors (Lipinski definition) is 7. The first-order valence-corrected chi connectivity index (χ1v) is 9.63. The van der Waals surface area contributed by atoms with E-state index < -0.39 is 0 Å². The van der Waals surface area contributed by atoms with Gasteiger partial charge in [-0.3, -0.25) is 4.79 Å². The SMILES string of the molecule is O=C(CSc1nnnn1C1CCCCC1)c1ccc2c(c1)OCCO2. The van der Waals surface area contributed by atoms with E-state index in [0.717, 1.165) is 18.0 Å². The first-order valence-electron chi connectivity index (χ1n) is 8.65. The molecule has 0 spiro atoms. The van der Waals surface area contributed by atoms with Gasteiger partial charge in [0.2, 0.25) is 5.16 Å². The van der Waals surface area contributed by atoms with Gasteiger partial charge < -0.3 is 9.47 Å². The van der Waals surface area contributed by atoms with Crippen molar-refractivity contribution in [3.63, 3.8) is 0 Å². The molecule has 132 valence electrons. The fourth-order valence-corrected chi connectivity index (χ4v) is 4.10. The Morgan fingerprint density at radius 2 is 1.96 bits per heavy atom. The Morgan fingerprint density at radius 1 is 1.16 bits per heavy atom. The number of ketones is 1. The van der Waals surface area contributed by atoms with Gasteiger partial charge in [0.15, 0.2) is 17.3 Å². The van der Waals surface area contributed by atoms with Gasteiger partial charge in [-0.15, -0.1) is 5.10 Å². The quantitative estimate of drug-likeness (QED) is 0.599. The lowest BCUT2D eigenvalue weighted by atomic mass is 9.96. The second-order valence-electron chi connectivity index (χ2n) is 6.27. The van der Waals surface area contributed by atoms with Crippen LogP contribution in [0, 0.1) is 0 Å². The Kier molecular flexibility index (Phi) is 4.87. The molecule has 1 aromatic carbocycles. The monoisotopic (exact) mass is 360 g/mol. The molecule has 2 aliphatic rings. The summed E-state index contributed by atoms with van der Waals surface area (Å²) >= 11 is 1.39. The Bertz CT molecular complexity index is 758. The van der Waals surface area contributed by atoms with Gasteiger partial charge in [0.1, 0.15) is 13.2 Å². The third-order valence-corrected chi connectivity index (χ3v) is 5.51. The summed E-state index contributed by atoms with van der Waals surface area (Å²) in [5.74, 6) is 1.65. The summed E-state index contributed by atoms with van der Waals surface area (Å²) in [7, 11) is 0. The maximum atomic E-state index is 12.5. The van der Waals surface area contributed by atoms with Crippen LogP contribution in [0.3, 0.4) is 0 Å². The number of carbonyl (C=O) groups excluding carboxylic acids is 1. The summed E-state index contributed by atoms with van der Waals surface area (Å²) in [6.45, 7) is 1.05. The van der Waals surface area contributed by atoms with Crippen LogP contribution >= 0.6 is 11.8 Å². The average Bonchev–Trinajstić information content (AvgIpc) is 3.15. The molecule has 1 aliphatic heterocycles. The van der Waals surface area contributed by atoms with Crippen LogP contribution in [0.4, 0.5) is 0 Å². The lowest BCUT2D eigenvalue weighted by molar-refractivity contribution is 0.102. The van der Waals surface area contributed by atoms with Crippen LogP contribution in [-0.2, 0) is 0 Å². The normalized spacial score (nSPS) is 17.4. The lowest BCUT2D eigenvalue weighted by Gasteiger charge is -2.22. The zero-order valence-corrected chi connectivity index (χ0v) is 14.7. The van der Waals surface area contributed by atoms with Crippen molar-refractivity contribution in [3.05, 3.63) is 23.8 Å². The van der Waals surface area contributed by atoms with Crippen LogP contribution in [0.15, 0.2) is 23.4 Å². The minimum Gasteiger partial charge on any atom is -0.486 e. The number of nitrogens with zero attached hydrogens (tertiary/aromatic N) is 4. The van der Waals surface area contributed by atoms with Gasteiger partial charge in [0, 0.05) is 5.56 Å². The smallest absolute Gasteiger partial charge is 0.210 e. The number of benzene rings is 1. The Labute approximate surface area is 150 Å². The van der Waals surface area contributed by atoms with Gasteiger partial charge in [-0.1, -0.05) is 31.0 Å². The van der Waals surface area contributed by atoms with E-state index in [1.165, 1.54) is 31.0 Å². The molecular weight excluding hydrogens is 340 g/mol. The van der Waals surface area contributed by atoms with Crippen molar-refractivity contribution in [1.82, 2.24) is 20.2 Å². The Hall–Kier alpha value is -2.09. The highest BCUT2D eigenvalue weighted by atomic mass is 32.2. The van der Waals surface area contributed by atoms with E-state index in [4.69, 9.17) is 9.47 Å². The van der Waals surface area contributed by atoms with Crippen molar-refractivity contribution in [3.8, 4) is 11.5 Å². The fourth-order valence-electron chi connectivity index (χ4n) is 3.27. The van der Waals surface area contributed by atoms with Crippen LogP contribution in [0.25, 0.3) is 0 Å². The van der Waals surface area contributed by atoms with E-state index in [-0.39, 0.29) is 5.78 Å². The summed E-state index contributed by atoms with van der Waals surface area (Å²) in [4.78, 5) is 12.5. The number of carbonyl (C=O) groups is 1. The average molecular weight is 360 g/mol. The van der Waals surface area contributed by atoms with E-state index in [9.17, 15) is 4.79 Å². The minimum atomic E-state index is 0.0279. The molecule has 2 aromatic rings. The molecule has 0 bridgehead atoms. The third-order valence-electron chi connectivity index (χ3n) is 4.58. The maximum absolute atomic E-state index is 12.5. The van der Waals surface area contributed by atoms with E-state index >= 15 is 0 Å². The molecule has 1 aliphatic carbocycles. The summed E-state index contributed by atoms with van der Waals surface area (Å²) in [6.07, 6.45) is 5.92. The van der Waals surface area contributed by atoms with Crippen molar-refractivity contribution >= 4 is 17.5 Å². The molecule has 0 atom stereocenters. The molecule has 1 aromatic heterocycles. The topological polar surface area (TPSA) is 79.1 Å². The van der Waals surface area contributed by atoms with E-state index in [1.54, 1.807) is 18.2 Å². The number of rotatable bonds is 5. The van der Waals surface area contributed by atoms with Gasteiger partial charge in [0.25, 0.3) is 0 Å². The first-order chi connectivity index (χ1) is 12.3. The van der Waals surface area contributed by atoms with Crippen LogP contribution in [-0.4, -0.2) is 45.0 Å². The number of ether oxygens (including phenoxy) is 2. The van der Waals surface area contributed by atoms with Gasteiger partial charge >= 0.3 is 0 Å². The molecular formula is C17H20N4O3S. The molecule has 0 N–H and O–H groups in total. The minimum absolute atomic E-state index is 0.0279. The number of hydrogen-bond donors (Lipinski definition) is 0. The second-order valence-corrected chi connectivity index (χ2v) is 7.21. The number of aromatic nitrogens is 4. The van der Waals surface area contributed by atoms with Crippen molar-refractivity contribution in [2.24, 2.45) is 0 Å². The number of Topliss-reactive ketones (excluding diaryl/α,β-unsaturated/α-hetero) is 1. The van der Waals surface area contributed by atoms with Crippen molar-refractivity contribution < 1.29 is 14.3 Å². The molecule has 7 nitrogen and oxygen atoms in total. The van der Waals surface area contributed by atoms with Gasteiger partial charge in [-0.25, -0.2) is 4.68 Å². The second kappa shape index (κ2) is 7.43. The number of fused-ring (bicyclic) bond motifs is 1. The zero-order chi connectivity index (χ0) is 17.1. The van der Waals surface area contributed by atoms with Crippen LogP contribution in [0.5, 0.6) is 11.5 Å². The highest BCUT2D eigenvalue weighted by molar-refractivity contribution is 7.99. The zero-order valence-electron chi connectivity index (χ0n) is 13.9. The van der Waals surface area contributed by atoms with E-state index in [0.29, 0.717) is 42.1 Å². The summed E-state index contributed by atoms with van der Waals surface area (Å²) in [5.41, 5.74) is 0.619. The molecule has 2 heterocycles. The molecule has 8 heteroatoms. The van der Waals surface area contributed by atoms with Crippen LogP contribution < -0.4 is 9.47 Å². The molecule has 25 heavy (non-hydrogen) atoms. The Morgan fingerprint density at radius 3 is 2.80 bits per heavy atom. The predicted octanol–water partition coefficient (Wildman–Crippen LogP) is 2.92. The highest BCUT2D eigenvalue weighted by Gasteiger charge is 2.21. The number of tetrazole rings is 1. The molecule has 1 fully saturated rings. The van der Waals surface area contributed by atoms with E-state index in [1.807, 2.05) is 4.68 Å². The Balaban J connectivity index is 1.41. The highest BCUT2D eigenvalue weighted by Crippen LogP contribution is 2.32. The maximum Gasteiger partial charge on any atom is 0.210 e. The molecule has 4 rings (SSSR count). The summed E-state index contributed by atoms with van der Waals surface area (Å²) in [6, 6.07) is 5.68. The van der Waals surface area contributed by atoms with Crippen molar-refractivity contribution in [1.29, 1.82) is 0 Å². The largest absolute Gasteiger partial charge is 0.486 e. The molecule has 0 saturated heterocycles. The van der Waals surface area contributed by atoms with E-state index in [2.05, 4.69) is 15.5 Å². The number of thioether (sulfide) groups is 1. The molecule has 0 unspecified atom stereocenters. The molecule has 0 amide bonds. The van der Waals surface area contributed by atoms with Gasteiger partial charge in [0.05, 0.1) is 11.8 Å². The van der Waals surface area contributed by atoms with Gasteiger partial charge in [-0.05, 0) is 41.5 Å². The van der Waals surface area contributed by atoms with Crippen molar-refractivity contribution in [2.75, 3.05) is 19.0 Å². The van der Waals surface area contributed by atoms with Crippen LogP contribution in [0.2, 0.25) is 0 Å². The predicted molar refractivity (Wildman–Crippen MR) is 92.4 cm³/mol. The van der Waals surface area contributed by atoms with Crippen molar-refractivity contribution in [2.45, 2.75) is 43.3 Å². The standard InChI is InChI=1S/C17H20N4O3S/c22-14(12-6-7-15-16(10-12)24-9-8-23-15)11-25-17-18-19-20-21(17)13-4-2-1-3-5-13/h6-7,10,13H,1-5,8-9,11H2. The third kappa shape index (κ3) is 3.63. The summed E-state index contributed by atoms with van der Waals surface area (Å²) < 4.78 is 12.9. The van der Waals surface area contributed by atoms with Gasteiger partial charge in [-0.2, -0.15) is 0 Å². The molecule has 0 radical (unpaired) electrons. The summed E-state index contributed by atoms with van der Waals surface area (Å²) in [5, 5.41) is 12.8. The molecule has 1 saturated carbocycles. The fraction of sp³-hybridized carbons (Fsp3) is 0.529.